The Bertz CT molecular complexity index is 535. The standard InChI is InChI=1S/C13H17N3S2/c1-8-4-5-12(11(6-8)7-9(2)14)17-13-15-10(3)16-18-13/h4-6,9H,7,14H2,1-3H3. The van der Waals surface area contributed by atoms with E-state index in [9.17, 15) is 0 Å². The van der Waals surface area contributed by atoms with E-state index in [1.54, 1.807) is 11.8 Å². The van der Waals surface area contributed by atoms with Gasteiger partial charge in [0.2, 0.25) is 0 Å². The van der Waals surface area contributed by atoms with Gasteiger partial charge in [0.1, 0.15) is 5.82 Å². The summed E-state index contributed by atoms with van der Waals surface area (Å²) >= 11 is 3.12. The molecule has 0 saturated heterocycles. The predicted octanol–water partition coefficient (Wildman–Crippen LogP) is 3.20. The molecule has 0 saturated carbocycles. The van der Waals surface area contributed by atoms with Gasteiger partial charge in [0.15, 0.2) is 4.34 Å². The van der Waals surface area contributed by atoms with Crippen molar-refractivity contribution in [3.05, 3.63) is 35.2 Å². The Labute approximate surface area is 116 Å². The molecule has 0 amide bonds. The summed E-state index contributed by atoms with van der Waals surface area (Å²) in [7, 11) is 0. The summed E-state index contributed by atoms with van der Waals surface area (Å²) in [5, 5.41) is 0. The molecule has 2 rings (SSSR count). The molecule has 1 unspecified atom stereocenters. The maximum Gasteiger partial charge on any atom is 0.174 e. The Morgan fingerprint density at radius 3 is 2.78 bits per heavy atom. The number of benzene rings is 1. The number of aryl methyl sites for hydroxylation is 2. The van der Waals surface area contributed by atoms with E-state index < -0.39 is 0 Å². The van der Waals surface area contributed by atoms with Crippen molar-refractivity contribution in [3.63, 3.8) is 0 Å². The second kappa shape index (κ2) is 5.82. The number of rotatable bonds is 4. The minimum atomic E-state index is 0.169. The highest BCUT2D eigenvalue weighted by atomic mass is 32.2. The van der Waals surface area contributed by atoms with Crippen molar-refractivity contribution in [3.8, 4) is 0 Å². The van der Waals surface area contributed by atoms with Gasteiger partial charge in [0.05, 0.1) is 0 Å². The minimum absolute atomic E-state index is 0.169. The van der Waals surface area contributed by atoms with E-state index >= 15 is 0 Å². The molecule has 2 aromatic rings. The van der Waals surface area contributed by atoms with E-state index in [1.165, 1.54) is 27.6 Å². The van der Waals surface area contributed by atoms with E-state index in [2.05, 4.69) is 34.5 Å². The first-order valence-corrected chi connectivity index (χ1v) is 7.47. The maximum absolute atomic E-state index is 5.91. The summed E-state index contributed by atoms with van der Waals surface area (Å²) < 4.78 is 5.19. The SMILES string of the molecule is Cc1ccc(Sc2nc(C)ns2)c(CC(C)N)c1. The van der Waals surface area contributed by atoms with E-state index in [4.69, 9.17) is 5.73 Å². The van der Waals surface area contributed by atoms with E-state index in [0.29, 0.717) is 0 Å². The molecule has 1 heterocycles. The average molecular weight is 279 g/mol. The second-order valence-corrected chi connectivity index (χ2v) is 6.54. The molecule has 5 heteroatoms. The topological polar surface area (TPSA) is 51.8 Å². The van der Waals surface area contributed by atoms with Crippen molar-refractivity contribution in [2.45, 2.75) is 42.5 Å². The van der Waals surface area contributed by atoms with Crippen LogP contribution in [0.25, 0.3) is 0 Å². The molecule has 3 nitrogen and oxygen atoms in total. The van der Waals surface area contributed by atoms with Crippen molar-refractivity contribution < 1.29 is 0 Å². The van der Waals surface area contributed by atoms with E-state index in [0.717, 1.165) is 16.6 Å². The number of nitrogens with two attached hydrogens (primary N) is 1. The van der Waals surface area contributed by atoms with Crippen LogP contribution in [0.2, 0.25) is 0 Å². The van der Waals surface area contributed by atoms with Crippen LogP contribution < -0.4 is 5.73 Å². The Morgan fingerprint density at radius 2 is 2.17 bits per heavy atom. The maximum atomic E-state index is 5.91. The lowest BCUT2D eigenvalue weighted by Gasteiger charge is -2.11. The van der Waals surface area contributed by atoms with Gasteiger partial charge >= 0.3 is 0 Å². The third-order valence-electron chi connectivity index (χ3n) is 2.46. The highest BCUT2D eigenvalue weighted by Crippen LogP contribution is 2.32. The molecule has 0 aliphatic rings. The third-order valence-corrected chi connectivity index (χ3v) is 4.42. The molecule has 0 aliphatic carbocycles. The van der Waals surface area contributed by atoms with Crippen molar-refractivity contribution in [1.82, 2.24) is 9.36 Å². The van der Waals surface area contributed by atoms with Gasteiger partial charge in [-0.05, 0) is 50.4 Å². The van der Waals surface area contributed by atoms with Crippen molar-refractivity contribution in [1.29, 1.82) is 0 Å². The largest absolute Gasteiger partial charge is 0.328 e. The summed E-state index contributed by atoms with van der Waals surface area (Å²) in [5.74, 6) is 0.836. The summed E-state index contributed by atoms with van der Waals surface area (Å²) in [6.07, 6.45) is 0.891. The first-order chi connectivity index (χ1) is 8.54. The summed E-state index contributed by atoms with van der Waals surface area (Å²) in [5.41, 5.74) is 8.47. The monoisotopic (exact) mass is 279 g/mol. The molecule has 1 aromatic heterocycles. The van der Waals surface area contributed by atoms with Crippen LogP contribution in [-0.4, -0.2) is 15.4 Å². The molecular weight excluding hydrogens is 262 g/mol. The van der Waals surface area contributed by atoms with Crippen molar-refractivity contribution in [2.24, 2.45) is 5.73 Å². The minimum Gasteiger partial charge on any atom is -0.328 e. The zero-order chi connectivity index (χ0) is 13.1. The molecule has 0 spiro atoms. The number of hydrogen-bond donors (Lipinski definition) is 1. The predicted molar refractivity (Wildman–Crippen MR) is 77.3 cm³/mol. The zero-order valence-electron chi connectivity index (χ0n) is 10.8. The fourth-order valence-corrected chi connectivity index (χ4v) is 3.46. The Balaban J connectivity index is 2.26. The smallest absolute Gasteiger partial charge is 0.174 e. The van der Waals surface area contributed by atoms with Crippen LogP contribution in [0.15, 0.2) is 27.4 Å². The van der Waals surface area contributed by atoms with Crippen LogP contribution in [0.4, 0.5) is 0 Å². The third kappa shape index (κ3) is 3.54. The van der Waals surface area contributed by atoms with Gasteiger partial charge in [-0.2, -0.15) is 4.37 Å². The normalized spacial score (nSPS) is 12.7. The Hall–Kier alpha value is -0.910. The highest BCUT2D eigenvalue weighted by Gasteiger charge is 2.09. The van der Waals surface area contributed by atoms with Crippen LogP contribution >= 0.6 is 23.3 Å². The fraction of sp³-hybridized carbons (Fsp3) is 0.385. The zero-order valence-corrected chi connectivity index (χ0v) is 12.4. The van der Waals surface area contributed by atoms with Gasteiger partial charge in [0.25, 0.3) is 0 Å². The van der Waals surface area contributed by atoms with Crippen LogP contribution in [0.3, 0.4) is 0 Å². The lowest BCUT2D eigenvalue weighted by atomic mass is 10.1. The summed E-state index contributed by atoms with van der Waals surface area (Å²) in [4.78, 5) is 5.62. The Kier molecular flexibility index (Phi) is 4.37. The van der Waals surface area contributed by atoms with Crippen molar-refractivity contribution in [2.75, 3.05) is 0 Å². The quantitative estimate of drug-likeness (QED) is 0.934. The van der Waals surface area contributed by atoms with Crippen molar-refractivity contribution >= 4 is 23.3 Å². The Morgan fingerprint density at radius 1 is 1.39 bits per heavy atom. The molecule has 0 fully saturated rings. The molecule has 1 aromatic carbocycles. The van der Waals surface area contributed by atoms with E-state index in [-0.39, 0.29) is 6.04 Å². The molecule has 18 heavy (non-hydrogen) atoms. The van der Waals surface area contributed by atoms with Gasteiger partial charge in [-0.25, -0.2) is 4.98 Å². The lowest BCUT2D eigenvalue weighted by molar-refractivity contribution is 0.729. The summed E-state index contributed by atoms with van der Waals surface area (Å²) in [6, 6.07) is 6.65. The number of nitrogens with zero attached hydrogens (tertiary/aromatic N) is 2. The van der Waals surface area contributed by atoms with Crippen LogP contribution in [0.5, 0.6) is 0 Å². The number of aromatic nitrogens is 2. The van der Waals surface area contributed by atoms with Crippen LogP contribution in [0, 0.1) is 13.8 Å². The van der Waals surface area contributed by atoms with E-state index in [1.807, 2.05) is 13.8 Å². The van der Waals surface area contributed by atoms with Crippen LogP contribution in [0.1, 0.15) is 23.9 Å². The summed E-state index contributed by atoms with van der Waals surface area (Å²) in [6.45, 7) is 6.05. The second-order valence-electron chi connectivity index (χ2n) is 4.50. The van der Waals surface area contributed by atoms with Gasteiger partial charge in [0, 0.05) is 10.9 Å². The highest BCUT2D eigenvalue weighted by molar-refractivity contribution is 8.01. The first-order valence-electron chi connectivity index (χ1n) is 5.88. The molecule has 96 valence electrons. The molecule has 1 atom stereocenters. The average Bonchev–Trinajstić information content (AvgIpc) is 2.67. The molecule has 0 bridgehead atoms. The van der Waals surface area contributed by atoms with Crippen LogP contribution in [-0.2, 0) is 6.42 Å². The number of hydrogen-bond acceptors (Lipinski definition) is 5. The fourth-order valence-electron chi connectivity index (χ4n) is 1.73. The van der Waals surface area contributed by atoms with Gasteiger partial charge in [-0.1, -0.05) is 29.5 Å². The molecular formula is C13H17N3S2. The van der Waals surface area contributed by atoms with Gasteiger partial charge < -0.3 is 5.73 Å². The van der Waals surface area contributed by atoms with Gasteiger partial charge in [-0.15, -0.1) is 0 Å². The van der Waals surface area contributed by atoms with Gasteiger partial charge in [-0.3, -0.25) is 0 Å². The first kappa shape index (κ1) is 13.5. The molecule has 0 radical (unpaired) electrons. The lowest BCUT2D eigenvalue weighted by Crippen LogP contribution is -2.18. The molecule has 2 N–H and O–H groups in total. The molecule has 0 aliphatic heterocycles.